The zero-order chi connectivity index (χ0) is 17.9. The first kappa shape index (κ1) is 16.3. The van der Waals surface area contributed by atoms with Crippen LogP contribution in [0.3, 0.4) is 0 Å². The molecule has 1 amide bonds. The summed E-state index contributed by atoms with van der Waals surface area (Å²) >= 11 is 0. The minimum absolute atomic E-state index is 0.0829. The number of imidazole rings is 1. The van der Waals surface area contributed by atoms with Gasteiger partial charge in [0.1, 0.15) is 5.82 Å². The Bertz CT molecular complexity index is 957. The summed E-state index contributed by atoms with van der Waals surface area (Å²) in [5.41, 5.74) is 3.56. The van der Waals surface area contributed by atoms with E-state index in [1.54, 1.807) is 6.07 Å². The molecule has 3 heterocycles. The number of aromatic amines is 2. The predicted octanol–water partition coefficient (Wildman–Crippen LogP) is 1.68. The minimum Gasteiger partial charge on any atom is -0.340 e. The van der Waals surface area contributed by atoms with Crippen LogP contribution in [0.25, 0.3) is 11.4 Å². The molecule has 0 saturated carbocycles. The summed E-state index contributed by atoms with van der Waals surface area (Å²) < 4.78 is 0. The summed E-state index contributed by atoms with van der Waals surface area (Å²) in [5.74, 6) is 0.932. The number of hydrogen-bond donors (Lipinski definition) is 2. The molecule has 0 bridgehead atoms. The Kier molecular flexibility index (Phi) is 4.35. The maximum absolute atomic E-state index is 12.5. The van der Waals surface area contributed by atoms with Crippen molar-refractivity contribution in [2.45, 2.75) is 25.8 Å². The van der Waals surface area contributed by atoms with E-state index in [-0.39, 0.29) is 11.5 Å². The van der Waals surface area contributed by atoms with E-state index in [0.717, 1.165) is 29.2 Å². The van der Waals surface area contributed by atoms with Gasteiger partial charge in [-0.3, -0.25) is 9.59 Å². The van der Waals surface area contributed by atoms with Gasteiger partial charge in [-0.25, -0.2) is 10.1 Å². The second kappa shape index (κ2) is 6.95. The fourth-order valence-corrected chi connectivity index (χ4v) is 3.15. The highest BCUT2D eigenvalue weighted by Crippen LogP contribution is 2.23. The van der Waals surface area contributed by atoms with Crippen molar-refractivity contribution in [3.05, 3.63) is 69.9 Å². The van der Waals surface area contributed by atoms with Gasteiger partial charge in [0.2, 0.25) is 5.91 Å². The summed E-state index contributed by atoms with van der Waals surface area (Å²) in [7, 11) is 0. The van der Waals surface area contributed by atoms with Gasteiger partial charge in [-0.1, -0.05) is 30.3 Å². The van der Waals surface area contributed by atoms with Gasteiger partial charge in [-0.05, 0) is 6.07 Å². The molecular formula is C19H19N5O2. The fourth-order valence-electron chi connectivity index (χ4n) is 3.15. The van der Waals surface area contributed by atoms with E-state index in [0.29, 0.717) is 31.6 Å². The van der Waals surface area contributed by atoms with Gasteiger partial charge in [0.25, 0.3) is 5.56 Å². The Labute approximate surface area is 150 Å². The van der Waals surface area contributed by atoms with Gasteiger partial charge in [0, 0.05) is 37.4 Å². The molecule has 0 unspecified atom stereocenters. The first-order valence-electron chi connectivity index (χ1n) is 8.64. The number of hydrogen-bond acceptors (Lipinski definition) is 4. The summed E-state index contributed by atoms with van der Waals surface area (Å²) in [5, 5.41) is 6.33. The molecule has 26 heavy (non-hydrogen) atoms. The van der Waals surface area contributed by atoms with Crippen molar-refractivity contribution in [2.24, 2.45) is 0 Å². The SMILES string of the molecule is O=C(CCc1ccc(=O)[nH]n1)N1CCc2nc(-c3ccccc3)[nH]c2C1. The van der Waals surface area contributed by atoms with Crippen LogP contribution >= 0.6 is 0 Å². The normalized spacial score (nSPS) is 13.5. The van der Waals surface area contributed by atoms with E-state index in [4.69, 9.17) is 0 Å². The van der Waals surface area contributed by atoms with Crippen molar-refractivity contribution in [3.63, 3.8) is 0 Å². The number of aromatic nitrogens is 4. The van der Waals surface area contributed by atoms with Gasteiger partial charge in [-0.15, -0.1) is 0 Å². The predicted molar refractivity (Wildman–Crippen MR) is 96.3 cm³/mol. The molecule has 0 atom stereocenters. The third kappa shape index (κ3) is 3.42. The van der Waals surface area contributed by atoms with Gasteiger partial charge < -0.3 is 9.88 Å². The number of amides is 1. The molecule has 0 radical (unpaired) electrons. The Morgan fingerprint density at radius 2 is 2.00 bits per heavy atom. The summed E-state index contributed by atoms with van der Waals surface area (Å²) in [4.78, 5) is 33.4. The van der Waals surface area contributed by atoms with Crippen LogP contribution in [0, 0.1) is 0 Å². The molecule has 2 aromatic heterocycles. The van der Waals surface area contributed by atoms with Crippen LogP contribution in [0.4, 0.5) is 0 Å². The summed E-state index contributed by atoms with van der Waals surface area (Å²) in [6.45, 7) is 1.22. The second-order valence-corrected chi connectivity index (χ2v) is 6.35. The van der Waals surface area contributed by atoms with Crippen LogP contribution < -0.4 is 5.56 Å². The minimum atomic E-state index is -0.239. The lowest BCUT2D eigenvalue weighted by Crippen LogP contribution is -2.36. The van der Waals surface area contributed by atoms with E-state index >= 15 is 0 Å². The van der Waals surface area contributed by atoms with Crippen molar-refractivity contribution >= 4 is 5.91 Å². The lowest BCUT2D eigenvalue weighted by molar-refractivity contribution is -0.132. The van der Waals surface area contributed by atoms with Gasteiger partial charge in [-0.2, -0.15) is 5.10 Å². The number of aryl methyl sites for hydroxylation is 1. The molecule has 3 aromatic rings. The van der Waals surface area contributed by atoms with Crippen molar-refractivity contribution < 1.29 is 4.79 Å². The van der Waals surface area contributed by atoms with Crippen LogP contribution in [0.15, 0.2) is 47.3 Å². The van der Waals surface area contributed by atoms with E-state index in [1.807, 2.05) is 35.2 Å². The van der Waals surface area contributed by atoms with E-state index in [9.17, 15) is 9.59 Å². The molecule has 2 N–H and O–H groups in total. The highest BCUT2D eigenvalue weighted by atomic mass is 16.2. The van der Waals surface area contributed by atoms with Crippen LogP contribution in [-0.4, -0.2) is 37.5 Å². The number of nitrogens with one attached hydrogen (secondary N) is 2. The monoisotopic (exact) mass is 349 g/mol. The molecule has 132 valence electrons. The third-order valence-corrected chi connectivity index (χ3v) is 4.56. The Balaban J connectivity index is 1.41. The van der Waals surface area contributed by atoms with Crippen LogP contribution in [0.1, 0.15) is 23.5 Å². The standard InChI is InChI=1S/C19H19N5O2/c25-17-8-6-14(22-23-17)7-9-18(26)24-11-10-15-16(12-24)21-19(20-15)13-4-2-1-3-5-13/h1-6,8H,7,9-12H2,(H,20,21)(H,23,25). The molecule has 0 aliphatic carbocycles. The molecule has 0 saturated heterocycles. The van der Waals surface area contributed by atoms with Crippen molar-refractivity contribution in [3.8, 4) is 11.4 Å². The molecule has 1 aromatic carbocycles. The first-order chi connectivity index (χ1) is 12.7. The quantitative estimate of drug-likeness (QED) is 0.749. The third-order valence-electron chi connectivity index (χ3n) is 4.56. The number of benzene rings is 1. The smallest absolute Gasteiger partial charge is 0.264 e. The fraction of sp³-hybridized carbons (Fsp3) is 0.263. The maximum atomic E-state index is 12.5. The van der Waals surface area contributed by atoms with E-state index in [2.05, 4.69) is 20.2 Å². The number of carbonyl (C=O) groups is 1. The molecule has 4 rings (SSSR count). The average Bonchev–Trinajstić information content (AvgIpc) is 3.11. The average molecular weight is 349 g/mol. The number of carbonyl (C=O) groups excluding carboxylic acids is 1. The van der Waals surface area contributed by atoms with Crippen LogP contribution in [-0.2, 0) is 24.2 Å². The summed E-state index contributed by atoms with van der Waals surface area (Å²) in [6.07, 6.45) is 1.63. The molecule has 1 aliphatic rings. The number of rotatable bonds is 4. The Morgan fingerprint density at radius 3 is 2.77 bits per heavy atom. The van der Waals surface area contributed by atoms with E-state index < -0.39 is 0 Å². The van der Waals surface area contributed by atoms with Gasteiger partial charge in [0.05, 0.1) is 23.6 Å². The van der Waals surface area contributed by atoms with Crippen LogP contribution in [0.2, 0.25) is 0 Å². The second-order valence-electron chi connectivity index (χ2n) is 6.35. The largest absolute Gasteiger partial charge is 0.340 e. The van der Waals surface area contributed by atoms with E-state index in [1.165, 1.54) is 6.07 Å². The van der Waals surface area contributed by atoms with Crippen molar-refractivity contribution in [1.29, 1.82) is 0 Å². The maximum Gasteiger partial charge on any atom is 0.264 e. The van der Waals surface area contributed by atoms with Crippen LogP contribution in [0.5, 0.6) is 0 Å². The zero-order valence-corrected chi connectivity index (χ0v) is 14.2. The Morgan fingerprint density at radius 1 is 1.15 bits per heavy atom. The number of fused-ring (bicyclic) bond motifs is 1. The molecule has 0 spiro atoms. The Hall–Kier alpha value is -3.22. The van der Waals surface area contributed by atoms with Crippen molar-refractivity contribution in [2.75, 3.05) is 6.54 Å². The lowest BCUT2D eigenvalue weighted by atomic mass is 10.1. The molecule has 0 fully saturated rings. The molecule has 7 nitrogen and oxygen atoms in total. The van der Waals surface area contributed by atoms with Crippen molar-refractivity contribution in [1.82, 2.24) is 25.1 Å². The topological polar surface area (TPSA) is 94.7 Å². The molecule has 1 aliphatic heterocycles. The molecular weight excluding hydrogens is 330 g/mol. The van der Waals surface area contributed by atoms with Gasteiger partial charge in [0.15, 0.2) is 0 Å². The highest BCUT2D eigenvalue weighted by molar-refractivity contribution is 5.76. The highest BCUT2D eigenvalue weighted by Gasteiger charge is 2.23. The summed E-state index contributed by atoms with van der Waals surface area (Å²) in [6, 6.07) is 13.1. The zero-order valence-electron chi connectivity index (χ0n) is 14.2. The first-order valence-corrected chi connectivity index (χ1v) is 8.64. The lowest BCUT2D eigenvalue weighted by Gasteiger charge is -2.26. The number of H-pyrrole nitrogens is 2. The number of nitrogens with zero attached hydrogens (tertiary/aromatic N) is 3. The molecule has 7 heteroatoms. The van der Waals surface area contributed by atoms with Gasteiger partial charge >= 0.3 is 0 Å².